The summed E-state index contributed by atoms with van der Waals surface area (Å²) in [5.74, 6) is -4.53. The van der Waals surface area contributed by atoms with Crippen molar-refractivity contribution < 1.29 is 49.1 Å². The highest BCUT2D eigenvalue weighted by atomic mass is 32.2. The van der Waals surface area contributed by atoms with Crippen molar-refractivity contribution in [2.75, 3.05) is 23.4 Å². The molecular formula is C27H30F6N4O5S. The van der Waals surface area contributed by atoms with E-state index in [0.29, 0.717) is 43.2 Å². The number of rotatable bonds is 11. The highest BCUT2D eigenvalue weighted by Crippen LogP contribution is 2.44. The van der Waals surface area contributed by atoms with Gasteiger partial charge >= 0.3 is 12.4 Å². The second-order valence-corrected chi connectivity index (χ2v) is 13.5. The van der Waals surface area contributed by atoms with Crippen molar-refractivity contribution in [1.82, 2.24) is 15.1 Å². The lowest BCUT2D eigenvalue weighted by Crippen LogP contribution is -2.50. The molecule has 2 amide bonds. The maximum Gasteiger partial charge on any atom is 0.402 e. The summed E-state index contributed by atoms with van der Waals surface area (Å²) >= 11 is 0. The van der Waals surface area contributed by atoms with Crippen LogP contribution in [-0.2, 0) is 39.6 Å². The topological polar surface area (TPSA) is 119 Å². The molecule has 1 atom stereocenters. The van der Waals surface area contributed by atoms with Gasteiger partial charge in [-0.2, -0.15) is 31.4 Å². The number of sulfone groups is 1. The third-order valence-corrected chi connectivity index (χ3v) is 9.27. The zero-order valence-electron chi connectivity index (χ0n) is 22.9. The molecular weight excluding hydrogens is 606 g/mol. The van der Waals surface area contributed by atoms with Gasteiger partial charge < -0.3 is 15.4 Å². The van der Waals surface area contributed by atoms with Crippen LogP contribution in [0.2, 0.25) is 0 Å². The molecule has 0 radical (unpaired) electrons. The van der Waals surface area contributed by atoms with Gasteiger partial charge in [0.1, 0.15) is 28.6 Å². The number of benzene rings is 1. The predicted molar refractivity (Wildman–Crippen MR) is 141 cm³/mol. The van der Waals surface area contributed by atoms with Gasteiger partial charge in [-0.25, -0.2) is 13.1 Å². The number of carbonyl (C=O) groups is 2. The van der Waals surface area contributed by atoms with Gasteiger partial charge in [-0.05, 0) is 54.9 Å². The lowest BCUT2D eigenvalue weighted by molar-refractivity contribution is -0.136. The summed E-state index contributed by atoms with van der Waals surface area (Å²) in [6, 6.07) is 5.12. The fraction of sp³-hybridized carbons (Fsp3) is 0.593. The molecule has 5 rings (SSSR count). The Labute approximate surface area is 243 Å². The van der Waals surface area contributed by atoms with Gasteiger partial charge in [0, 0.05) is 19.4 Å². The number of carbonyl (C=O) groups excluding carboxylic acids is 2. The molecule has 2 N–H and O–H groups in total. The first-order valence-electron chi connectivity index (χ1n) is 13.8. The molecule has 0 saturated heterocycles. The number of hydrogen-bond acceptors (Lipinski definition) is 6. The first-order valence-corrected chi connectivity index (χ1v) is 15.7. The SMILES string of the molecule is O=C(CS(=O)(=O)CC(F)(F)F)Nc1c2c(nn1CCC1CC1)C[C@]1(CCc3cc(OCCCC(F)(F)F)ccc31)NC2=O. The highest BCUT2D eigenvalue weighted by molar-refractivity contribution is 7.92. The summed E-state index contributed by atoms with van der Waals surface area (Å²) in [6.45, 7) is 0.211. The predicted octanol–water partition coefficient (Wildman–Crippen LogP) is 4.45. The largest absolute Gasteiger partial charge is 0.494 e. The van der Waals surface area contributed by atoms with Crippen LogP contribution in [0.4, 0.5) is 32.2 Å². The first kappa shape index (κ1) is 31.1. The van der Waals surface area contributed by atoms with Gasteiger partial charge in [0.05, 0.1) is 17.8 Å². The number of hydrogen-bond donors (Lipinski definition) is 2. The minimum absolute atomic E-state index is 0.0288. The summed E-state index contributed by atoms with van der Waals surface area (Å²) in [5.41, 5.74) is 1.19. The standard InChI is InChI=1S/C27H30F6N4O5S/c28-26(29,30)8-1-11-42-18-4-5-19-17(12-18)6-9-25(19)13-20-22(24(39)35-25)23(37(36-20)10-7-16-2-3-16)34-21(38)14-43(40,41)15-27(31,32)33/h4-5,12,16H,1-3,6-11,13-15H2,(H,34,38)(H,35,39)/t25-/m0/s1. The summed E-state index contributed by atoms with van der Waals surface area (Å²) < 4.78 is 106. The van der Waals surface area contributed by atoms with Gasteiger partial charge in [-0.1, -0.05) is 18.9 Å². The molecule has 2 aliphatic carbocycles. The van der Waals surface area contributed by atoms with Crippen molar-refractivity contribution in [3.05, 3.63) is 40.6 Å². The molecule has 1 aromatic heterocycles. The number of anilines is 1. The van der Waals surface area contributed by atoms with Crippen molar-refractivity contribution >= 4 is 27.5 Å². The van der Waals surface area contributed by atoms with Crippen LogP contribution in [0.3, 0.4) is 0 Å². The van der Waals surface area contributed by atoms with Crippen molar-refractivity contribution in [3.63, 3.8) is 0 Å². The number of aromatic nitrogens is 2. The number of aryl methyl sites for hydroxylation is 2. The fourth-order valence-corrected chi connectivity index (χ4v) is 6.82. The number of alkyl halides is 6. The van der Waals surface area contributed by atoms with Crippen LogP contribution in [0.15, 0.2) is 18.2 Å². The molecule has 1 fully saturated rings. The average molecular weight is 637 g/mol. The Kier molecular flexibility index (Phi) is 8.20. The molecule has 236 valence electrons. The Morgan fingerprint density at radius 1 is 1.16 bits per heavy atom. The Bertz CT molecular complexity index is 1520. The highest BCUT2D eigenvalue weighted by Gasteiger charge is 2.47. The van der Waals surface area contributed by atoms with E-state index in [1.165, 1.54) is 4.68 Å². The van der Waals surface area contributed by atoms with Crippen LogP contribution in [0, 0.1) is 5.92 Å². The Morgan fingerprint density at radius 3 is 2.58 bits per heavy atom. The number of amides is 2. The van der Waals surface area contributed by atoms with Crippen molar-refractivity contribution in [1.29, 1.82) is 0 Å². The third kappa shape index (κ3) is 7.62. The molecule has 2 aromatic rings. The van der Waals surface area contributed by atoms with Gasteiger partial charge in [0.2, 0.25) is 5.91 Å². The first-order chi connectivity index (χ1) is 20.0. The maximum atomic E-state index is 13.5. The second kappa shape index (κ2) is 11.3. The minimum Gasteiger partial charge on any atom is -0.494 e. The van der Waals surface area contributed by atoms with Crippen LogP contribution in [0.1, 0.15) is 65.7 Å². The smallest absolute Gasteiger partial charge is 0.402 e. The fourth-order valence-electron chi connectivity index (χ4n) is 5.74. The molecule has 3 aliphatic rings. The van der Waals surface area contributed by atoms with Crippen molar-refractivity contribution in [2.24, 2.45) is 5.92 Å². The molecule has 1 saturated carbocycles. The summed E-state index contributed by atoms with van der Waals surface area (Å²) in [5, 5.41) is 9.93. The third-order valence-electron chi connectivity index (χ3n) is 7.80. The van der Waals surface area contributed by atoms with E-state index in [9.17, 15) is 44.3 Å². The monoisotopic (exact) mass is 636 g/mol. The van der Waals surface area contributed by atoms with Gasteiger partial charge in [-0.15, -0.1) is 0 Å². The van der Waals surface area contributed by atoms with Gasteiger partial charge in [-0.3, -0.25) is 9.59 Å². The molecule has 1 aliphatic heterocycles. The van der Waals surface area contributed by atoms with Gasteiger partial charge in [0.25, 0.3) is 5.91 Å². The molecule has 0 unspecified atom stereocenters. The lowest BCUT2D eigenvalue weighted by Gasteiger charge is -2.35. The summed E-state index contributed by atoms with van der Waals surface area (Å²) in [6.07, 6.45) is -6.38. The number of nitrogens with one attached hydrogen (secondary N) is 2. The number of ether oxygens (including phenoxy) is 1. The molecule has 2 heterocycles. The lowest BCUT2D eigenvalue weighted by atomic mass is 9.82. The molecule has 43 heavy (non-hydrogen) atoms. The van der Waals surface area contributed by atoms with Gasteiger partial charge in [0.15, 0.2) is 9.84 Å². The van der Waals surface area contributed by atoms with E-state index >= 15 is 0 Å². The van der Waals surface area contributed by atoms with Crippen LogP contribution in [0.25, 0.3) is 0 Å². The summed E-state index contributed by atoms with van der Waals surface area (Å²) in [7, 11) is -4.80. The van der Waals surface area contributed by atoms with E-state index < -0.39 is 57.5 Å². The van der Waals surface area contributed by atoms with E-state index in [1.807, 2.05) is 0 Å². The van der Waals surface area contributed by atoms with Crippen LogP contribution in [-0.4, -0.2) is 60.5 Å². The minimum atomic E-state index is -5.00. The second-order valence-electron chi connectivity index (χ2n) is 11.4. The number of nitrogens with zero attached hydrogens (tertiary/aromatic N) is 2. The van der Waals surface area contributed by atoms with E-state index in [4.69, 9.17) is 4.74 Å². The van der Waals surface area contributed by atoms with Crippen LogP contribution in [0.5, 0.6) is 5.75 Å². The molecule has 9 nitrogen and oxygen atoms in total. The molecule has 0 bridgehead atoms. The maximum absolute atomic E-state index is 13.5. The normalized spacial score (nSPS) is 20.1. The van der Waals surface area contributed by atoms with E-state index in [2.05, 4.69) is 15.7 Å². The molecule has 16 heteroatoms. The van der Waals surface area contributed by atoms with Crippen LogP contribution >= 0.6 is 0 Å². The van der Waals surface area contributed by atoms with E-state index in [-0.39, 0.29) is 30.8 Å². The van der Waals surface area contributed by atoms with E-state index in [1.54, 1.807) is 18.2 Å². The Morgan fingerprint density at radius 2 is 1.91 bits per heavy atom. The van der Waals surface area contributed by atoms with Crippen molar-refractivity contribution in [2.45, 2.75) is 75.8 Å². The Hall–Kier alpha value is -3.30. The zero-order chi connectivity index (χ0) is 31.2. The van der Waals surface area contributed by atoms with Crippen molar-refractivity contribution in [3.8, 4) is 5.75 Å². The summed E-state index contributed by atoms with van der Waals surface area (Å²) in [4.78, 5) is 26.1. The molecule has 1 spiro atoms. The number of fused-ring (bicyclic) bond motifs is 3. The average Bonchev–Trinajstić information content (AvgIpc) is 3.55. The van der Waals surface area contributed by atoms with Crippen LogP contribution < -0.4 is 15.4 Å². The quantitative estimate of drug-likeness (QED) is 0.278. The Balaban J connectivity index is 1.35. The van der Waals surface area contributed by atoms with E-state index in [0.717, 1.165) is 24.0 Å². The molecule has 1 aromatic carbocycles. The number of halogens is 6. The zero-order valence-corrected chi connectivity index (χ0v) is 23.7.